The topological polar surface area (TPSA) is 81.9 Å². The Kier molecular flexibility index (Phi) is 6.23. The Bertz CT molecular complexity index is 975. The molecule has 150 valence electrons. The minimum atomic E-state index is -0.167. The maximum atomic E-state index is 14.0. The van der Waals surface area contributed by atoms with Crippen LogP contribution in [-0.4, -0.2) is 22.6 Å². The second-order valence-corrected chi connectivity index (χ2v) is 7.59. The van der Waals surface area contributed by atoms with Gasteiger partial charge < -0.3 is 21.4 Å². The van der Waals surface area contributed by atoms with Gasteiger partial charge in [0, 0.05) is 24.2 Å². The average molecular weight is 404 g/mol. The van der Waals surface area contributed by atoms with E-state index in [0.29, 0.717) is 41.7 Å². The van der Waals surface area contributed by atoms with Crippen molar-refractivity contribution in [3.05, 3.63) is 57.4 Å². The van der Waals surface area contributed by atoms with Crippen LogP contribution in [0.25, 0.3) is 11.0 Å². The number of hydrogen-bond donors (Lipinski definition) is 3. The van der Waals surface area contributed by atoms with Crippen molar-refractivity contribution in [3.63, 3.8) is 0 Å². The Labute approximate surface area is 169 Å². The van der Waals surface area contributed by atoms with Crippen molar-refractivity contribution in [2.24, 2.45) is 11.5 Å². The first-order valence-corrected chi connectivity index (χ1v) is 9.88. The molecule has 0 fully saturated rings. The molecule has 3 rings (SSSR count). The summed E-state index contributed by atoms with van der Waals surface area (Å²) in [5.74, 6) is 0.534. The third-order valence-corrected chi connectivity index (χ3v) is 5.17. The van der Waals surface area contributed by atoms with Gasteiger partial charge in [-0.15, -0.1) is 0 Å². The standard InChI is InChI=1S/C21H27ClFN5/c1-4-17(25)16-9-15(22)10-18-20(16)27-21(26-6-5-24)28(18)11-14-7-12(2)19(23)13(3)8-14/h7-10,17H,4-6,11,24-25H2,1-3H3,(H,26,27). The van der Waals surface area contributed by atoms with Crippen LogP contribution in [-0.2, 0) is 6.54 Å². The van der Waals surface area contributed by atoms with E-state index in [1.54, 1.807) is 13.8 Å². The Balaban J connectivity index is 2.17. The highest BCUT2D eigenvalue weighted by atomic mass is 35.5. The molecule has 5 N–H and O–H groups in total. The summed E-state index contributed by atoms with van der Waals surface area (Å²) in [7, 11) is 0. The van der Waals surface area contributed by atoms with E-state index in [-0.39, 0.29) is 11.9 Å². The predicted molar refractivity (Wildman–Crippen MR) is 114 cm³/mol. The number of halogens is 2. The van der Waals surface area contributed by atoms with E-state index in [9.17, 15) is 4.39 Å². The lowest BCUT2D eigenvalue weighted by atomic mass is 10.0. The number of hydrogen-bond acceptors (Lipinski definition) is 4. The maximum Gasteiger partial charge on any atom is 0.204 e. The molecule has 0 spiro atoms. The lowest BCUT2D eigenvalue weighted by molar-refractivity contribution is 0.607. The molecule has 0 aliphatic carbocycles. The van der Waals surface area contributed by atoms with Crippen LogP contribution in [0.15, 0.2) is 24.3 Å². The van der Waals surface area contributed by atoms with E-state index in [1.807, 2.05) is 31.2 Å². The summed E-state index contributed by atoms with van der Waals surface area (Å²) in [5, 5.41) is 3.90. The van der Waals surface area contributed by atoms with Gasteiger partial charge in [-0.25, -0.2) is 9.37 Å². The van der Waals surface area contributed by atoms with Crippen LogP contribution in [0.2, 0.25) is 5.02 Å². The lowest BCUT2D eigenvalue weighted by Crippen LogP contribution is -2.16. The van der Waals surface area contributed by atoms with Gasteiger partial charge in [-0.3, -0.25) is 0 Å². The first kappa shape index (κ1) is 20.6. The summed E-state index contributed by atoms with van der Waals surface area (Å²) in [5.41, 5.74) is 16.9. The largest absolute Gasteiger partial charge is 0.354 e. The molecule has 0 amide bonds. The fourth-order valence-corrected chi connectivity index (χ4v) is 3.73. The van der Waals surface area contributed by atoms with Gasteiger partial charge in [0.05, 0.1) is 17.6 Å². The Morgan fingerprint density at radius 1 is 1.21 bits per heavy atom. The number of rotatable bonds is 7. The zero-order valence-corrected chi connectivity index (χ0v) is 17.3. The van der Waals surface area contributed by atoms with E-state index in [4.69, 9.17) is 28.1 Å². The number of aromatic nitrogens is 2. The molecule has 1 atom stereocenters. The fraction of sp³-hybridized carbons (Fsp3) is 0.381. The zero-order valence-electron chi connectivity index (χ0n) is 16.5. The SMILES string of the molecule is CCC(N)c1cc(Cl)cc2c1nc(NCCN)n2Cc1cc(C)c(F)c(C)c1. The van der Waals surface area contributed by atoms with Crippen molar-refractivity contribution in [2.45, 2.75) is 39.8 Å². The Morgan fingerprint density at radius 2 is 1.89 bits per heavy atom. The molecule has 0 saturated carbocycles. The van der Waals surface area contributed by atoms with Gasteiger partial charge in [-0.1, -0.05) is 30.7 Å². The van der Waals surface area contributed by atoms with Gasteiger partial charge in [0.1, 0.15) is 5.82 Å². The predicted octanol–water partition coefficient (Wildman–Crippen LogP) is 4.27. The molecule has 1 heterocycles. The van der Waals surface area contributed by atoms with Crippen molar-refractivity contribution in [3.8, 4) is 0 Å². The lowest BCUT2D eigenvalue weighted by Gasteiger charge is -2.13. The average Bonchev–Trinajstić information content (AvgIpc) is 3.00. The third-order valence-electron chi connectivity index (χ3n) is 4.95. The summed E-state index contributed by atoms with van der Waals surface area (Å²) in [6, 6.07) is 7.36. The molecule has 0 saturated heterocycles. The maximum absolute atomic E-state index is 14.0. The van der Waals surface area contributed by atoms with E-state index in [1.165, 1.54) is 0 Å². The molecule has 2 aromatic carbocycles. The zero-order chi connectivity index (χ0) is 20.4. The molecule has 0 bridgehead atoms. The summed E-state index contributed by atoms with van der Waals surface area (Å²) in [6.07, 6.45) is 0.782. The van der Waals surface area contributed by atoms with Crippen molar-refractivity contribution >= 4 is 28.6 Å². The highest BCUT2D eigenvalue weighted by Gasteiger charge is 2.18. The van der Waals surface area contributed by atoms with Gasteiger partial charge in [-0.2, -0.15) is 0 Å². The molecule has 0 aliphatic heterocycles. The molecule has 0 radical (unpaired) electrons. The molecule has 28 heavy (non-hydrogen) atoms. The van der Waals surface area contributed by atoms with Gasteiger partial charge in [0.2, 0.25) is 5.95 Å². The number of nitrogens with zero attached hydrogens (tertiary/aromatic N) is 2. The van der Waals surface area contributed by atoms with Crippen molar-refractivity contribution in [1.82, 2.24) is 9.55 Å². The number of anilines is 1. The minimum absolute atomic E-state index is 0.151. The van der Waals surface area contributed by atoms with Crippen LogP contribution < -0.4 is 16.8 Å². The van der Waals surface area contributed by atoms with Crippen LogP contribution in [0, 0.1) is 19.7 Å². The summed E-state index contributed by atoms with van der Waals surface area (Å²) in [4.78, 5) is 4.80. The van der Waals surface area contributed by atoms with Crippen LogP contribution >= 0.6 is 11.6 Å². The van der Waals surface area contributed by atoms with Gasteiger partial charge in [0.25, 0.3) is 0 Å². The number of aryl methyl sites for hydroxylation is 2. The molecule has 7 heteroatoms. The number of benzene rings is 2. The number of nitrogens with one attached hydrogen (secondary N) is 1. The fourth-order valence-electron chi connectivity index (χ4n) is 3.50. The van der Waals surface area contributed by atoms with Gasteiger partial charge in [0.15, 0.2) is 0 Å². The molecule has 5 nitrogen and oxygen atoms in total. The van der Waals surface area contributed by atoms with Crippen LogP contribution in [0.5, 0.6) is 0 Å². The quantitative estimate of drug-likeness (QED) is 0.550. The normalized spacial score (nSPS) is 12.5. The Morgan fingerprint density at radius 3 is 2.50 bits per heavy atom. The first-order valence-electron chi connectivity index (χ1n) is 9.50. The number of nitrogens with two attached hydrogens (primary N) is 2. The van der Waals surface area contributed by atoms with Gasteiger partial charge in [-0.05, 0) is 54.7 Å². The molecular weight excluding hydrogens is 377 g/mol. The number of fused-ring (bicyclic) bond motifs is 1. The second-order valence-electron chi connectivity index (χ2n) is 7.16. The molecule has 1 aromatic heterocycles. The monoisotopic (exact) mass is 403 g/mol. The smallest absolute Gasteiger partial charge is 0.204 e. The summed E-state index contributed by atoms with van der Waals surface area (Å²) >= 11 is 6.40. The number of imidazole rings is 1. The highest BCUT2D eigenvalue weighted by Crippen LogP contribution is 2.31. The van der Waals surface area contributed by atoms with Crippen LogP contribution in [0.3, 0.4) is 0 Å². The van der Waals surface area contributed by atoms with Gasteiger partial charge >= 0.3 is 0 Å². The highest BCUT2D eigenvalue weighted by molar-refractivity contribution is 6.31. The summed E-state index contributed by atoms with van der Waals surface area (Å²) < 4.78 is 16.1. The minimum Gasteiger partial charge on any atom is -0.354 e. The molecular formula is C21H27ClFN5. The van der Waals surface area contributed by atoms with E-state index < -0.39 is 0 Å². The van der Waals surface area contributed by atoms with E-state index >= 15 is 0 Å². The molecule has 1 unspecified atom stereocenters. The molecule has 0 aliphatic rings. The first-order chi connectivity index (χ1) is 13.3. The van der Waals surface area contributed by atoms with Crippen molar-refractivity contribution in [2.75, 3.05) is 18.4 Å². The summed E-state index contributed by atoms with van der Waals surface area (Å²) in [6.45, 7) is 7.20. The van der Waals surface area contributed by atoms with Crippen molar-refractivity contribution < 1.29 is 4.39 Å². The third kappa shape index (κ3) is 3.99. The molecule has 3 aromatic rings. The van der Waals surface area contributed by atoms with E-state index in [0.717, 1.165) is 28.6 Å². The van der Waals surface area contributed by atoms with Crippen LogP contribution in [0.4, 0.5) is 10.3 Å². The Hall–Kier alpha value is -2.15. The van der Waals surface area contributed by atoms with E-state index in [2.05, 4.69) is 9.88 Å². The van der Waals surface area contributed by atoms with Crippen LogP contribution in [0.1, 0.15) is 41.6 Å². The second kappa shape index (κ2) is 8.47. The van der Waals surface area contributed by atoms with Crippen molar-refractivity contribution in [1.29, 1.82) is 0 Å².